The Bertz CT molecular complexity index is 1000. The Morgan fingerprint density at radius 2 is 2.00 bits per heavy atom. The lowest BCUT2D eigenvalue weighted by atomic mass is 9.71. The predicted octanol–water partition coefficient (Wildman–Crippen LogP) is 5.28. The number of aromatic nitrogens is 1. The van der Waals surface area contributed by atoms with Gasteiger partial charge in [0.2, 0.25) is 0 Å². The zero-order chi connectivity index (χ0) is 19.2. The highest BCUT2D eigenvalue weighted by atomic mass is 32.1. The molecule has 4 nitrogen and oxygen atoms in total. The lowest BCUT2D eigenvalue weighted by molar-refractivity contribution is 0.103. The van der Waals surface area contributed by atoms with E-state index in [1.54, 1.807) is 0 Å². The molecule has 3 aromatic rings. The van der Waals surface area contributed by atoms with Crippen LogP contribution in [-0.4, -0.2) is 10.9 Å². The molecule has 0 bridgehead atoms. The van der Waals surface area contributed by atoms with Crippen molar-refractivity contribution in [3.05, 3.63) is 52.5 Å². The van der Waals surface area contributed by atoms with Gasteiger partial charge in [0.05, 0.1) is 5.69 Å². The first-order valence-corrected chi connectivity index (χ1v) is 10.2. The zero-order valence-electron chi connectivity index (χ0n) is 16.0. The first-order valence-electron chi connectivity index (χ1n) is 9.40. The normalized spacial score (nSPS) is 16.9. The van der Waals surface area contributed by atoms with Crippen LogP contribution in [-0.2, 0) is 12.8 Å². The molecular weight excluding hydrogens is 354 g/mol. The molecular formula is C22H25N3OS. The standard InChI is InChI=1S/C22H25N3OS/c1-22(2,3)14-9-10-17-13(11-14)12-16-18(23)19(27-21(16)25-17)20(26)24-15-7-5-4-6-8-15/h4-8,12,14H,9-11,23H2,1-3H3,(H,24,26)/t14-/m0/s1. The van der Waals surface area contributed by atoms with Gasteiger partial charge in [-0.2, -0.15) is 0 Å². The number of benzene rings is 1. The van der Waals surface area contributed by atoms with Crippen LogP contribution in [0.5, 0.6) is 0 Å². The molecule has 1 aliphatic carbocycles. The van der Waals surface area contributed by atoms with Crippen LogP contribution in [0, 0.1) is 11.3 Å². The van der Waals surface area contributed by atoms with E-state index >= 15 is 0 Å². The van der Waals surface area contributed by atoms with Gasteiger partial charge in [-0.3, -0.25) is 4.79 Å². The largest absolute Gasteiger partial charge is 0.397 e. The number of carbonyl (C=O) groups excluding carboxylic acids is 1. The number of anilines is 2. The third kappa shape index (κ3) is 3.44. The SMILES string of the molecule is CC(C)(C)[C@H]1CCc2nc3sc(C(=O)Nc4ccccc4)c(N)c3cc2C1. The summed E-state index contributed by atoms with van der Waals surface area (Å²) >= 11 is 1.38. The van der Waals surface area contributed by atoms with Crippen molar-refractivity contribution >= 4 is 38.8 Å². The molecule has 0 fully saturated rings. The van der Waals surface area contributed by atoms with Crippen LogP contribution in [0.4, 0.5) is 11.4 Å². The number of nitrogens with one attached hydrogen (secondary N) is 1. The average molecular weight is 380 g/mol. The number of carbonyl (C=O) groups is 1. The molecule has 0 saturated heterocycles. The van der Waals surface area contributed by atoms with Gasteiger partial charge >= 0.3 is 0 Å². The number of para-hydroxylation sites is 1. The molecule has 2 heterocycles. The van der Waals surface area contributed by atoms with Gasteiger partial charge < -0.3 is 11.1 Å². The fraction of sp³-hybridized carbons (Fsp3) is 0.364. The molecule has 0 unspecified atom stereocenters. The van der Waals surface area contributed by atoms with Crippen molar-refractivity contribution < 1.29 is 4.79 Å². The molecule has 3 N–H and O–H groups in total. The second kappa shape index (κ2) is 6.64. The summed E-state index contributed by atoms with van der Waals surface area (Å²) < 4.78 is 0. The maximum atomic E-state index is 12.7. The molecule has 0 saturated carbocycles. The van der Waals surface area contributed by atoms with E-state index in [1.807, 2.05) is 30.3 Å². The first-order chi connectivity index (χ1) is 12.8. The van der Waals surface area contributed by atoms with Crippen LogP contribution < -0.4 is 11.1 Å². The molecule has 140 valence electrons. The number of pyridine rings is 1. The molecule has 5 heteroatoms. The molecule has 0 aliphatic heterocycles. The Morgan fingerprint density at radius 3 is 2.70 bits per heavy atom. The predicted molar refractivity (Wildman–Crippen MR) is 113 cm³/mol. The molecule has 27 heavy (non-hydrogen) atoms. The maximum Gasteiger partial charge on any atom is 0.267 e. The van der Waals surface area contributed by atoms with Crippen LogP contribution in [0.15, 0.2) is 36.4 Å². The highest BCUT2D eigenvalue weighted by molar-refractivity contribution is 7.21. The lowest BCUT2D eigenvalue weighted by Gasteiger charge is -2.34. The summed E-state index contributed by atoms with van der Waals surface area (Å²) in [7, 11) is 0. The van der Waals surface area contributed by atoms with E-state index in [4.69, 9.17) is 10.7 Å². The summed E-state index contributed by atoms with van der Waals surface area (Å²) in [6.45, 7) is 6.92. The van der Waals surface area contributed by atoms with Gasteiger partial charge in [0.15, 0.2) is 0 Å². The van der Waals surface area contributed by atoms with E-state index < -0.39 is 0 Å². The van der Waals surface area contributed by atoms with Gasteiger partial charge in [-0.1, -0.05) is 39.0 Å². The van der Waals surface area contributed by atoms with E-state index in [9.17, 15) is 4.79 Å². The number of fused-ring (bicyclic) bond motifs is 2. The Hall–Kier alpha value is -2.40. The number of thiophene rings is 1. The Kier molecular flexibility index (Phi) is 4.42. The minimum atomic E-state index is -0.174. The van der Waals surface area contributed by atoms with Gasteiger partial charge in [-0.25, -0.2) is 4.98 Å². The van der Waals surface area contributed by atoms with Gasteiger partial charge in [0, 0.05) is 16.8 Å². The number of nitrogens with zero attached hydrogens (tertiary/aromatic N) is 1. The van der Waals surface area contributed by atoms with E-state index in [1.165, 1.54) is 22.6 Å². The molecule has 1 amide bonds. The second-order valence-corrected chi connectivity index (χ2v) is 9.42. The summed E-state index contributed by atoms with van der Waals surface area (Å²) in [5, 5.41) is 3.83. The number of amides is 1. The molecule has 2 aromatic heterocycles. The molecule has 0 radical (unpaired) electrons. The van der Waals surface area contributed by atoms with E-state index in [0.717, 1.165) is 35.2 Å². The summed E-state index contributed by atoms with van der Waals surface area (Å²) in [4.78, 5) is 19.0. The molecule has 0 spiro atoms. The van der Waals surface area contributed by atoms with Crippen LogP contribution in [0.2, 0.25) is 0 Å². The quantitative estimate of drug-likeness (QED) is 0.636. The third-order valence-corrected chi connectivity index (χ3v) is 6.66. The minimum Gasteiger partial charge on any atom is -0.397 e. The number of nitrogens with two attached hydrogens (primary N) is 1. The molecule has 1 atom stereocenters. The van der Waals surface area contributed by atoms with Crippen LogP contribution in [0.25, 0.3) is 10.2 Å². The number of rotatable bonds is 2. The van der Waals surface area contributed by atoms with Gasteiger partial charge in [0.1, 0.15) is 9.71 Å². The number of nitrogen functional groups attached to an aromatic ring is 1. The Labute approximate surface area is 163 Å². The van der Waals surface area contributed by atoms with Gasteiger partial charge in [0.25, 0.3) is 5.91 Å². The number of aryl methyl sites for hydroxylation is 1. The average Bonchev–Trinajstić information content (AvgIpc) is 2.95. The van der Waals surface area contributed by atoms with Crippen LogP contribution >= 0.6 is 11.3 Å². The van der Waals surface area contributed by atoms with Gasteiger partial charge in [-0.15, -0.1) is 11.3 Å². The minimum absolute atomic E-state index is 0.174. The number of hydrogen-bond donors (Lipinski definition) is 2. The monoisotopic (exact) mass is 379 g/mol. The van der Waals surface area contributed by atoms with E-state index in [-0.39, 0.29) is 11.3 Å². The highest BCUT2D eigenvalue weighted by Gasteiger charge is 2.30. The molecule has 4 rings (SSSR count). The van der Waals surface area contributed by atoms with Crippen LogP contribution in [0.1, 0.15) is 48.1 Å². The third-order valence-electron chi connectivity index (χ3n) is 5.55. The van der Waals surface area contributed by atoms with Crippen molar-refractivity contribution in [2.45, 2.75) is 40.0 Å². The van der Waals surface area contributed by atoms with E-state index in [0.29, 0.717) is 16.5 Å². The van der Waals surface area contributed by atoms with Crippen molar-refractivity contribution in [1.82, 2.24) is 4.98 Å². The van der Waals surface area contributed by atoms with Crippen molar-refractivity contribution in [2.24, 2.45) is 11.3 Å². The van der Waals surface area contributed by atoms with Crippen molar-refractivity contribution in [3.63, 3.8) is 0 Å². The topological polar surface area (TPSA) is 68.0 Å². The Morgan fingerprint density at radius 1 is 1.26 bits per heavy atom. The van der Waals surface area contributed by atoms with Crippen molar-refractivity contribution in [1.29, 1.82) is 0 Å². The summed E-state index contributed by atoms with van der Waals surface area (Å²) in [5.74, 6) is 0.470. The van der Waals surface area contributed by atoms with Crippen molar-refractivity contribution in [2.75, 3.05) is 11.1 Å². The zero-order valence-corrected chi connectivity index (χ0v) is 16.8. The lowest BCUT2D eigenvalue weighted by Crippen LogP contribution is -2.27. The first kappa shape index (κ1) is 18.0. The summed E-state index contributed by atoms with van der Waals surface area (Å²) in [5.41, 5.74) is 10.4. The van der Waals surface area contributed by atoms with Gasteiger partial charge in [-0.05, 0) is 54.4 Å². The second-order valence-electron chi connectivity index (χ2n) is 8.42. The van der Waals surface area contributed by atoms with E-state index in [2.05, 4.69) is 32.2 Å². The maximum absolute atomic E-state index is 12.7. The molecule has 1 aromatic carbocycles. The Balaban J connectivity index is 1.67. The summed E-state index contributed by atoms with van der Waals surface area (Å²) in [6.07, 6.45) is 3.19. The number of hydrogen-bond acceptors (Lipinski definition) is 4. The fourth-order valence-electron chi connectivity index (χ4n) is 3.81. The van der Waals surface area contributed by atoms with Crippen molar-refractivity contribution in [3.8, 4) is 0 Å². The smallest absolute Gasteiger partial charge is 0.267 e. The summed E-state index contributed by atoms with van der Waals surface area (Å²) in [6, 6.07) is 11.6. The van der Waals surface area contributed by atoms with Crippen LogP contribution in [0.3, 0.4) is 0 Å². The highest BCUT2D eigenvalue weighted by Crippen LogP contribution is 2.40. The fourth-order valence-corrected chi connectivity index (χ4v) is 4.80. The molecule has 1 aliphatic rings.